The number of nitrogens with one attached hydrogen (secondary N) is 2. The quantitative estimate of drug-likeness (QED) is 0.748. The van der Waals surface area contributed by atoms with Crippen LogP contribution in [-0.4, -0.2) is 28.8 Å². The van der Waals surface area contributed by atoms with Gasteiger partial charge in [-0.3, -0.25) is 0 Å². The van der Waals surface area contributed by atoms with Crippen molar-refractivity contribution in [2.24, 2.45) is 0 Å². The fraction of sp³-hybridized carbons (Fsp3) is 0.700. The molecule has 0 aromatic carbocycles. The Balaban J connectivity index is 0.000000963. The van der Waals surface area contributed by atoms with E-state index < -0.39 is 0 Å². The molecule has 0 bridgehead atoms. The van der Waals surface area contributed by atoms with E-state index in [0.717, 1.165) is 37.5 Å². The minimum atomic E-state index is -0.0984. The molecule has 1 fully saturated rings. The predicted octanol–water partition coefficient (Wildman–Crippen LogP) is 1.15. The molecule has 1 aromatic heterocycles. The maximum atomic E-state index is 9.19. The Morgan fingerprint density at radius 3 is 2.94 bits per heavy atom. The van der Waals surface area contributed by atoms with Crippen LogP contribution in [0, 0.1) is 0 Å². The third-order valence-corrected chi connectivity index (χ3v) is 4.07. The molecule has 16 heavy (non-hydrogen) atoms. The fourth-order valence-corrected chi connectivity index (χ4v) is 3.12. The molecule has 1 saturated carbocycles. The van der Waals surface area contributed by atoms with Crippen LogP contribution < -0.4 is 10.6 Å². The third kappa shape index (κ3) is 2.32. The first kappa shape index (κ1) is 12.1. The lowest BCUT2D eigenvalue weighted by Gasteiger charge is -2.31. The number of rotatable bonds is 2. The van der Waals surface area contributed by atoms with Gasteiger partial charge in [0.05, 0.1) is 11.8 Å². The highest BCUT2D eigenvalue weighted by atomic mass is 35.5. The number of anilines is 1. The monoisotopic (exact) mass is 261 g/mol. The van der Waals surface area contributed by atoms with Gasteiger partial charge in [0.2, 0.25) is 0 Å². The molecule has 2 aliphatic rings. The molecule has 6 heteroatoms. The summed E-state index contributed by atoms with van der Waals surface area (Å²) in [5.74, 6) is 0. The Kier molecular flexibility index (Phi) is 3.69. The molecule has 0 radical (unpaired) electrons. The fourth-order valence-electron chi connectivity index (χ4n) is 2.07. The van der Waals surface area contributed by atoms with E-state index in [4.69, 9.17) is 0 Å². The minimum absolute atomic E-state index is 0. The second-order valence-electron chi connectivity index (χ2n) is 4.28. The summed E-state index contributed by atoms with van der Waals surface area (Å²) in [6.07, 6.45) is 2.67. The summed E-state index contributed by atoms with van der Waals surface area (Å²) in [7, 11) is 0. The molecule has 0 spiro atoms. The number of hydrogen-bond donors (Lipinski definition) is 3. The summed E-state index contributed by atoms with van der Waals surface area (Å²) in [5, 5.41) is 17.0. The Labute approximate surface area is 105 Å². The summed E-state index contributed by atoms with van der Waals surface area (Å²) in [6, 6.07) is 0.431. The van der Waals surface area contributed by atoms with Crippen molar-refractivity contribution in [2.75, 3.05) is 11.9 Å². The van der Waals surface area contributed by atoms with Crippen molar-refractivity contribution >= 4 is 28.9 Å². The van der Waals surface area contributed by atoms with E-state index in [2.05, 4.69) is 15.6 Å². The lowest BCUT2D eigenvalue weighted by Crippen LogP contribution is -2.38. The Morgan fingerprint density at radius 1 is 1.44 bits per heavy atom. The lowest BCUT2D eigenvalue weighted by molar-refractivity contribution is 0.0836. The molecule has 0 amide bonds. The molecule has 1 aliphatic heterocycles. The van der Waals surface area contributed by atoms with Gasteiger partial charge in [0.1, 0.15) is 0 Å². The molecule has 1 aromatic rings. The van der Waals surface area contributed by atoms with E-state index in [0.29, 0.717) is 6.04 Å². The smallest absolute Gasteiger partial charge is 0.183 e. The van der Waals surface area contributed by atoms with Crippen molar-refractivity contribution in [2.45, 2.75) is 38.0 Å². The van der Waals surface area contributed by atoms with Crippen molar-refractivity contribution < 1.29 is 5.11 Å². The maximum absolute atomic E-state index is 9.19. The van der Waals surface area contributed by atoms with E-state index in [1.54, 1.807) is 11.3 Å². The first-order chi connectivity index (χ1) is 7.31. The standard InChI is InChI=1S/C10H15N3OS.ClH/c14-7-3-6(4-7)12-10-13-8-1-2-11-5-9(8)15-10;/h6-7,11,14H,1-5H2,(H,12,13);1H. The average Bonchev–Trinajstić information content (AvgIpc) is 2.57. The predicted molar refractivity (Wildman–Crippen MR) is 67.4 cm³/mol. The zero-order valence-electron chi connectivity index (χ0n) is 8.90. The molecule has 0 unspecified atom stereocenters. The number of hydrogen-bond acceptors (Lipinski definition) is 5. The van der Waals surface area contributed by atoms with Gasteiger partial charge in [-0.2, -0.15) is 0 Å². The average molecular weight is 262 g/mol. The van der Waals surface area contributed by atoms with Crippen LogP contribution >= 0.6 is 23.7 Å². The highest BCUT2D eigenvalue weighted by molar-refractivity contribution is 7.15. The van der Waals surface area contributed by atoms with E-state index in [1.807, 2.05) is 0 Å². The van der Waals surface area contributed by atoms with Crippen LogP contribution in [0.5, 0.6) is 0 Å². The Morgan fingerprint density at radius 2 is 2.25 bits per heavy atom. The van der Waals surface area contributed by atoms with Crippen molar-refractivity contribution in [3.8, 4) is 0 Å². The van der Waals surface area contributed by atoms with Crippen LogP contribution in [0.2, 0.25) is 0 Å². The van der Waals surface area contributed by atoms with E-state index in [1.165, 1.54) is 10.6 Å². The van der Waals surface area contributed by atoms with Crippen molar-refractivity contribution in [3.63, 3.8) is 0 Å². The first-order valence-corrected chi connectivity index (χ1v) is 6.27. The van der Waals surface area contributed by atoms with Crippen molar-refractivity contribution in [3.05, 3.63) is 10.6 Å². The number of thiazole rings is 1. The highest BCUT2D eigenvalue weighted by Gasteiger charge is 2.28. The SMILES string of the molecule is Cl.OC1CC(Nc2nc3c(s2)CNCC3)C1. The number of fused-ring (bicyclic) bond motifs is 1. The van der Waals surface area contributed by atoms with Gasteiger partial charge in [-0.05, 0) is 12.8 Å². The number of halogens is 1. The van der Waals surface area contributed by atoms with Crippen LogP contribution in [0.25, 0.3) is 0 Å². The molecule has 1 aliphatic carbocycles. The molecule has 3 rings (SSSR count). The molecule has 3 N–H and O–H groups in total. The highest BCUT2D eigenvalue weighted by Crippen LogP contribution is 2.29. The zero-order chi connectivity index (χ0) is 10.3. The number of aromatic nitrogens is 1. The molecule has 4 nitrogen and oxygen atoms in total. The molecular formula is C10H16ClN3OS. The number of aliphatic hydroxyl groups is 1. The molecular weight excluding hydrogens is 246 g/mol. The topological polar surface area (TPSA) is 57.2 Å². The van der Waals surface area contributed by atoms with Crippen LogP contribution in [-0.2, 0) is 13.0 Å². The molecule has 90 valence electrons. The van der Waals surface area contributed by atoms with Crippen LogP contribution in [0.3, 0.4) is 0 Å². The largest absolute Gasteiger partial charge is 0.393 e. The Bertz CT molecular complexity index is 341. The third-order valence-electron chi connectivity index (χ3n) is 3.04. The second kappa shape index (κ2) is 4.87. The minimum Gasteiger partial charge on any atom is -0.393 e. The van der Waals surface area contributed by atoms with Crippen molar-refractivity contribution in [1.82, 2.24) is 10.3 Å². The summed E-state index contributed by atoms with van der Waals surface area (Å²) in [6.45, 7) is 2.00. The van der Waals surface area contributed by atoms with Crippen LogP contribution in [0.1, 0.15) is 23.4 Å². The molecule has 0 atom stereocenters. The number of nitrogens with zero attached hydrogens (tertiary/aromatic N) is 1. The van der Waals surface area contributed by atoms with Gasteiger partial charge in [0.25, 0.3) is 0 Å². The summed E-state index contributed by atoms with van der Waals surface area (Å²) >= 11 is 1.75. The normalized spacial score (nSPS) is 27.6. The van der Waals surface area contributed by atoms with Gasteiger partial charge in [-0.25, -0.2) is 4.98 Å². The van der Waals surface area contributed by atoms with E-state index >= 15 is 0 Å². The number of aliphatic hydroxyl groups excluding tert-OH is 1. The summed E-state index contributed by atoms with van der Waals surface area (Å²) < 4.78 is 0. The lowest BCUT2D eigenvalue weighted by atomic mass is 9.90. The summed E-state index contributed by atoms with van der Waals surface area (Å²) in [4.78, 5) is 5.95. The van der Waals surface area contributed by atoms with E-state index in [9.17, 15) is 5.11 Å². The van der Waals surface area contributed by atoms with Gasteiger partial charge in [-0.15, -0.1) is 23.7 Å². The van der Waals surface area contributed by atoms with Gasteiger partial charge in [0.15, 0.2) is 5.13 Å². The second-order valence-corrected chi connectivity index (χ2v) is 5.37. The maximum Gasteiger partial charge on any atom is 0.183 e. The van der Waals surface area contributed by atoms with Crippen LogP contribution in [0.15, 0.2) is 0 Å². The Hall–Kier alpha value is -0.360. The van der Waals surface area contributed by atoms with Crippen LogP contribution in [0.4, 0.5) is 5.13 Å². The summed E-state index contributed by atoms with van der Waals surface area (Å²) in [5.41, 5.74) is 1.25. The first-order valence-electron chi connectivity index (χ1n) is 5.45. The van der Waals surface area contributed by atoms with Gasteiger partial charge in [-0.1, -0.05) is 0 Å². The molecule has 0 saturated heterocycles. The molecule has 2 heterocycles. The van der Waals surface area contributed by atoms with Gasteiger partial charge >= 0.3 is 0 Å². The van der Waals surface area contributed by atoms with E-state index in [-0.39, 0.29) is 18.5 Å². The zero-order valence-corrected chi connectivity index (χ0v) is 10.5. The van der Waals surface area contributed by atoms with Gasteiger partial charge < -0.3 is 15.7 Å². The van der Waals surface area contributed by atoms with Crippen molar-refractivity contribution in [1.29, 1.82) is 0 Å². The van der Waals surface area contributed by atoms with Gasteiger partial charge in [0, 0.05) is 30.4 Å².